The summed E-state index contributed by atoms with van der Waals surface area (Å²) in [7, 11) is 0. The van der Waals surface area contributed by atoms with Gasteiger partial charge >= 0.3 is 0 Å². The van der Waals surface area contributed by atoms with Gasteiger partial charge in [0.05, 0.1) is 6.61 Å². The van der Waals surface area contributed by atoms with Gasteiger partial charge in [0.2, 0.25) is 5.91 Å². The SMILES string of the molecule is NC(=NO)C1(C(=O)N2CCCN(CCO)CC2)CCCC1. The number of hydrogen-bond acceptors (Lipinski definition) is 5. The molecule has 2 aliphatic rings. The van der Waals surface area contributed by atoms with Crippen LogP contribution in [0.3, 0.4) is 0 Å². The van der Waals surface area contributed by atoms with Crippen molar-refractivity contribution >= 4 is 11.7 Å². The van der Waals surface area contributed by atoms with Gasteiger partial charge in [-0.15, -0.1) is 0 Å². The van der Waals surface area contributed by atoms with Crippen molar-refractivity contribution in [3.05, 3.63) is 0 Å². The summed E-state index contributed by atoms with van der Waals surface area (Å²) in [6.07, 6.45) is 4.09. The Bertz CT molecular complexity index is 394. The molecular formula is C14H26N4O3. The Kier molecular flexibility index (Phi) is 5.41. The number of carbonyl (C=O) groups is 1. The normalized spacial score (nSPS) is 24.0. The number of amidine groups is 1. The lowest BCUT2D eigenvalue weighted by Gasteiger charge is -2.32. The lowest BCUT2D eigenvalue weighted by molar-refractivity contribution is -0.138. The van der Waals surface area contributed by atoms with Crippen molar-refractivity contribution in [2.24, 2.45) is 16.3 Å². The fourth-order valence-corrected chi connectivity index (χ4v) is 3.50. The number of aliphatic hydroxyl groups is 1. The highest BCUT2D eigenvalue weighted by Crippen LogP contribution is 2.40. The van der Waals surface area contributed by atoms with Crippen molar-refractivity contribution in [2.75, 3.05) is 39.3 Å². The summed E-state index contributed by atoms with van der Waals surface area (Å²) >= 11 is 0. The summed E-state index contributed by atoms with van der Waals surface area (Å²) in [6.45, 7) is 3.77. The van der Waals surface area contributed by atoms with Gasteiger partial charge in [-0.3, -0.25) is 9.69 Å². The van der Waals surface area contributed by atoms with Crippen LogP contribution in [0.2, 0.25) is 0 Å². The molecule has 1 heterocycles. The molecular weight excluding hydrogens is 272 g/mol. The highest BCUT2D eigenvalue weighted by molar-refractivity contribution is 6.07. The molecule has 4 N–H and O–H groups in total. The Labute approximate surface area is 125 Å². The number of nitrogens with two attached hydrogens (primary N) is 1. The number of nitrogens with zero attached hydrogens (tertiary/aromatic N) is 3. The average Bonchev–Trinajstić information content (AvgIpc) is 2.88. The quantitative estimate of drug-likeness (QED) is 0.289. The first kappa shape index (κ1) is 16.0. The lowest BCUT2D eigenvalue weighted by atomic mass is 9.83. The molecule has 0 aromatic carbocycles. The molecule has 7 nitrogen and oxygen atoms in total. The highest BCUT2D eigenvalue weighted by atomic mass is 16.4. The Morgan fingerprint density at radius 3 is 2.48 bits per heavy atom. The van der Waals surface area contributed by atoms with Crippen LogP contribution in [0.4, 0.5) is 0 Å². The zero-order valence-corrected chi connectivity index (χ0v) is 12.5. The van der Waals surface area contributed by atoms with Crippen LogP contribution in [0.1, 0.15) is 32.1 Å². The van der Waals surface area contributed by atoms with Gasteiger partial charge in [0.1, 0.15) is 5.41 Å². The standard InChI is InChI=1S/C14H26N4O3/c15-12(16-21)14(4-1-2-5-14)13(20)18-7-3-6-17(8-9-18)10-11-19/h19,21H,1-11H2,(H2,15,16). The molecule has 21 heavy (non-hydrogen) atoms. The van der Waals surface area contributed by atoms with Crippen molar-refractivity contribution in [1.82, 2.24) is 9.80 Å². The minimum Gasteiger partial charge on any atom is -0.409 e. The smallest absolute Gasteiger partial charge is 0.236 e. The van der Waals surface area contributed by atoms with Gasteiger partial charge in [0, 0.05) is 26.2 Å². The maximum atomic E-state index is 12.9. The number of carbonyl (C=O) groups excluding carboxylic acids is 1. The van der Waals surface area contributed by atoms with E-state index in [0.29, 0.717) is 32.5 Å². The molecule has 1 amide bonds. The van der Waals surface area contributed by atoms with Crippen LogP contribution in [0, 0.1) is 5.41 Å². The summed E-state index contributed by atoms with van der Waals surface area (Å²) < 4.78 is 0. The van der Waals surface area contributed by atoms with Crippen LogP contribution in [-0.2, 0) is 4.79 Å². The van der Waals surface area contributed by atoms with E-state index in [1.807, 2.05) is 4.90 Å². The molecule has 0 atom stereocenters. The van der Waals surface area contributed by atoms with Gasteiger partial charge in [-0.1, -0.05) is 18.0 Å². The van der Waals surface area contributed by atoms with E-state index in [4.69, 9.17) is 16.0 Å². The first-order chi connectivity index (χ1) is 10.1. The first-order valence-electron chi connectivity index (χ1n) is 7.74. The summed E-state index contributed by atoms with van der Waals surface area (Å²) in [4.78, 5) is 16.9. The Morgan fingerprint density at radius 1 is 1.14 bits per heavy atom. The second kappa shape index (κ2) is 7.09. The topological polar surface area (TPSA) is 102 Å². The summed E-state index contributed by atoms with van der Waals surface area (Å²) in [5, 5.41) is 21.2. The van der Waals surface area contributed by atoms with Crippen LogP contribution in [0.25, 0.3) is 0 Å². The summed E-state index contributed by atoms with van der Waals surface area (Å²) in [5.41, 5.74) is 5.04. The molecule has 0 unspecified atom stereocenters. The molecule has 0 spiro atoms. The second-order valence-electron chi connectivity index (χ2n) is 5.99. The molecule has 7 heteroatoms. The molecule has 2 rings (SSSR count). The summed E-state index contributed by atoms with van der Waals surface area (Å²) in [5.74, 6) is 0.0580. The van der Waals surface area contributed by atoms with E-state index >= 15 is 0 Å². The molecule has 0 radical (unpaired) electrons. The number of rotatable bonds is 4. The fraction of sp³-hybridized carbons (Fsp3) is 0.857. The fourth-order valence-electron chi connectivity index (χ4n) is 3.50. The second-order valence-corrected chi connectivity index (χ2v) is 5.99. The molecule has 120 valence electrons. The number of β-amino-alcohol motifs (C(OH)–C–C–N with tert-alkyl or cyclic N) is 1. The summed E-state index contributed by atoms with van der Waals surface area (Å²) in [6, 6.07) is 0. The molecule has 0 aromatic rings. The van der Waals surface area contributed by atoms with Crippen molar-refractivity contribution < 1.29 is 15.1 Å². The van der Waals surface area contributed by atoms with Crippen LogP contribution in [-0.4, -0.2) is 71.2 Å². The van der Waals surface area contributed by atoms with Crippen LogP contribution < -0.4 is 5.73 Å². The van der Waals surface area contributed by atoms with Crippen molar-refractivity contribution in [2.45, 2.75) is 32.1 Å². The van der Waals surface area contributed by atoms with E-state index < -0.39 is 5.41 Å². The number of oxime groups is 1. The van der Waals surface area contributed by atoms with Crippen molar-refractivity contribution in [3.63, 3.8) is 0 Å². The van der Waals surface area contributed by atoms with Crippen LogP contribution >= 0.6 is 0 Å². The number of amides is 1. The lowest BCUT2D eigenvalue weighted by Crippen LogP contribution is -2.51. The molecule has 0 aromatic heterocycles. The zero-order valence-electron chi connectivity index (χ0n) is 12.5. The maximum absolute atomic E-state index is 12.9. The zero-order chi connectivity index (χ0) is 15.3. The molecule has 2 fully saturated rings. The monoisotopic (exact) mass is 298 g/mol. The van der Waals surface area contributed by atoms with Gasteiger partial charge in [-0.2, -0.15) is 0 Å². The molecule has 1 saturated heterocycles. The third-order valence-corrected chi connectivity index (χ3v) is 4.76. The molecule has 1 saturated carbocycles. The molecule has 1 aliphatic carbocycles. The van der Waals surface area contributed by atoms with Crippen molar-refractivity contribution in [1.29, 1.82) is 0 Å². The number of hydrogen-bond donors (Lipinski definition) is 3. The molecule has 1 aliphatic heterocycles. The Balaban J connectivity index is 2.07. The average molecular weight is 298 g/mol. The molecule has 0 bridgehead atoms. The van der Waals surface area contributed by atoms with E-state index in [1.165, 1.54) is 0 Å². The minimum absolute atomic E-state index is 0.00106. The first-order valence-corrected chi connectivity index (χ1v) is 7.74. The third kappa shape index (κ3) is 3.29. The van der Waals surface area contributed by atoms with E-state index in [-0.39, 0.29) is 18.3 Å². The van der Waals surface area contributed by atoms with E-state index in [1.54, 1.807) is 0 Å². The van der Waals surface area contributed by atoms with E-state index in [9.17, 15) is 4.79 Å². The maximum Gasteiger partial charge on any atom is 0.236 e. The van der Waals surface area contributed by atoms with Gasteiger partial charge in [0.25, 0.3) is 0 Å². The van der Waals surface area contributed by atoms with Gasteiger partial charge < -0.3 is 20.9 Å². The van der Waals surface area contributed by atoms with E-state index in [2.05, 4.69) is 10.1 Å². The minimum atomic E-state index is -0.805. The van der Waals surface area contributed by atoms with Gasteiger partial charge in [-0.05, 0) is 25.8 Å². The van der Waals surface area contributed by atoms with Crippen LogP contribution in [0.15, 0.2) is 5.16 Å². The van der Waals surface area contributed by atoms with Crippen molar-refractivity contribution in [3.8, 4) is 0 Å². The predicted octanol–water partition coefficient (Wildman–Crippen LogP) is -0.180. The Morgan fingerprint density at radius 2 is 1.86 bits per heavy atom. The van der Waals surface area contributed by atoms with E-state index in [0.717, 1.165) is 32.4 Å². The predicted molar refractivity (Wildman–Crippen MR) is 79.0 cm³/mol. The third-order valence-electron chi connectivity index (χ3n) is 4.76. The Hall–Kier alpha value is -1.34. The van der Waals surface area contributed by atoms with Gasteiger partial charge in [-0.25, -0.2) is 0 Å². The van der Waals surface area contributed by atoms with Crippen LogP contribution in [0.5, 0.6) is 0 Å². The van der Waals surface area contributed by atoms with Gasteiger partial charge in [0.15, 0.2) is 5.84 Å². The largest absolute Gasteiger partial charge is 0.409 e. The highest BCUT2D eigenvalue weighted by Gasteiger charge is 2.47. The number of aliphatic hydroxyl groups excluding tert-OH is 1.